The third kappa shape index (κ3) is 4.88. The van der Waals surface area contributed by atoms with Crippen LogP contribution in [0.1, 0.15) is 22.3 Å². The minimum atomic E-state index is -4.95. The van der Waals surface area contributed by atoms with Crippen LogP contribution in [0.4, 0.5) is 32.3 Å². The van der Waals surface area contributed by atoms with Gasteiger partial charge in [-0.1, -0.05) is 5.10 Å². The predicted molar refractivity (Wildman–Crippen MR) is 102 cm³/mol. The molecule has 0 aliphatic carbocycles. The first-order valence-corrected chi connectivity index (χ1v) is 9.37. The van der Waals surface area contributed by atoms with Crippen LogP contribution in [0.3, 0.4) is 0 Å². The summed E-state index contributed by atoms with van der Waals surface area (Å²) in [4.78, 5) is 6.70. The molecule has 0 aliphatic heterocycles. The second-order valence-corrected chi connectivity index (χ2v) is 7.29. The number of fused-ring (bicyclic) bond motifs is 1. The maximum Gasteiger partial charge on any atom is 0.416 e. The standard InChI is InChI=1S/C19H15F6N8/c1-31-16-13(8-27-31)3-12(7-26-16)10-33(17-28-30-32(2)29-17)9-11-4-14(18(20,21)22)6-15(5-11)19(23,24)25/h3-6,8H,9-10H2,1-2H3. The molecule has 0 aliphatic rings. The zero-order valence-electron chi connectivity index (χ0n) is 17.1. The summed E-state index contributed by atoms with van der Waals surface area (Å²) in [6.07, 6.45) is -5.52. The van der Waals surface area contributed by atoms with Crippen molar-refractivity contribution in [1.29, 1.82) is 0 Å². The van der Waals surface area contributed by atoms with Crippen molar-refractivity contribution in [3.63, 3.8) is 0 Å². The highest BCUT2D eigenvalue weighted by Crippen LogP contribution is 2.36. The van der Waals surface area contributed by atoms with E-state index in [0.717, 1.165) is 4.80 Å². The van der Waals surface area contributed by atoms with E-state index in [4.69, 9.17) is 0 Å². The van der Waals surface area contributed by atoms with E-state index in [1.54, 1.807) is 24.0 Å². The van der Waals surface area contributed by atoms with Crippen molar-refractivity contribution < 1.29 is 26.3 Å². The molecule has 0 N–H and O–H groups in total. The molecule has 33 heavy (non-hydrogen) atoms. The molecule has 0 saturated carbocycles. The highest BCUT2D eigenvalue weighted by molar-refractivity contribution is 5.74. The molecule has 1 aromatic carbocycles. The molecule has 0 amide bonds. The number of aryl methyl sites for hydroxylation is 2. The second kappa shape index (κ2) is 8.01. The maximum absolute atomic E-state index is 13.3. The van der Waals surface area contributed by atoms with Crippen molar-refractivity contribution in [2.75, 3.05) is 4.90 Å². The van der Waals surface area contributed by atoms with E-state index < -0.39 is 23.5 Å². The van der Waals surface area contributed by atoms with Gasteiger partial charge in [0.15, 0.2) is 5.65 Å². The van der Waals surface area contributed by atoms with Gasteiger partial charge in [-0.2, -0.15) is 36.2 Å². The Morgan fingerprint density at radius 2 is 1.61 bits per heavy atom. The van der Waals surface area contributed by atoms with Crippen LogP contribution < -0.4 is 4.90 Å². The number of nitrogens with zero attached hydrogens (tertiary/aromatic N) is 8. The minimum absolute atomic E-state index is 0.00112. The SMILES string of the molecule is Cn1nnc(N(Cc2[c]nc3c(cnn3C)c2)Cc2cc(C(F)(F)F)cc(C(F)(F)F)c2)n1. The quantitative estimate of drug-likeness (QED) is 0.416. The summed E-state index contributed by atoms with van der Waals surface area (Å²) in [5.41, 5.74) is -1.95. The van der Waals surface area contributed by atoms with E-state index in [2.05, 4.69) is 31.7 Å². The number of benzene rings is 1. The van der Waals surface area contributed by atoms with Crippen molar-refractivity contribution in [3.8, 4) is 0 Å². The molecule has 173 valence electrons. The molecule has 0 fully saturated rings. The van der Waals surface area contributed by atoms with E-state index in [1.807, 2.05) is 0 Å². The summed E-state index contributed by atoms with van der Waals surface area (Å²) in [6.45, 7) is -0.348. The number of hydrogen-bond donors (Lipinski definition) is 0. The molecule has 8 nitrogen and oxygen atoms in total. The average Bonchev–Trinajstić information content (AvgIpc) is 3.32. The minimum Gasteiger partial charge on any atom is -0.329 e. The summed E-state index contributed by atoms with van der Waals surface area (Å²) in [6, 6.07) is 3.14. The summed E-state index contributed by atoms with van der Waals surface area (Å²) in [5, 5.41) is 16.4. The summed E-state index contributed by atoms with van der Waals surface area (Å²) in [7, 11) is 3.18. The Labute approximate surface area is 182 Å². The monoisotopic (exact) mass is 469 g/mol. The number of hydrogen-bond acceptors (Lipinski definition) is 6. The van der Waals surface area contributed by atoms with Crippen LogP contribution in [0.25, 0.3) is 11.0 Å². The second-order valence-electron chi connectivity index (χ2n) is 7.29. The Hall–Kier alpha value is -3.71. The smallest absolute Gasteiger partial charge is 0.329 e. The summed E-state index contributed by atoms with van der Waals surface area (Å²) >= 11 is 0. The Morgan fingerprint density at radius 3 is 2.18 bits per heavy atom. The number of pyridine rings is 1. The third-order valence-electron chi connectivity index (χ3n) is 4.73. The Kier molecular flexibility index (Phi) is 5.46. The first kappa shape index (κ1) is 22.5. The van der Waals surface area contributed by atoms with Gasteiger partial charge in [0.1, 0.15) is 0 Å². The van der Waals surface area contributed by atoms with Gasteiger partial charge in [-0.25, -0.2) is 4.98 Å². The lowest BCUT2D eigenvalue weighted by molar-refractivity contribution is -0.143. The number of anilines is 1. The number of alkyl halides is 6. The first-order chi connectivity index (χ1) is 15.4. The molecule has 0 spiro atoms. The van der Waals surface area contributed by atoms with Crippen molar-refractivity contribution in [3.05, 3.63) is 58.9 Å². The molecule has 0 saturated heterocycles. The van der Waals surface area contributed by atoms with Gasteiger partial charge in [-0.15, -0.1) is 5.10 Å². The van der Waals surface area contributed by atoms with Crippen molar-refractivity contribution >= 4 is 17.0 Å². The summed E-state index contributed by atoms with van der Waals surface area (Å²) in [5.74, 6) is 0.0168. The van der Waals surface area contributed by atoms with E-state index in [1.165, 1.54) is 11.9 Å². The fourth-order valence-electron chi connectivity index (χ4n) is 3.25. The van der Waals surface area contributed by atoms with Crippen LogP contribution in [0, 0.1) is 6.20 Å². The topological polar surface area (TPSA) is 77.5 Å². The molecule has 1 radical (unpaired) electrons. The largest absolute Gasteiger partial charge is 0.416 e. The molecule has 14 heteroatoms. The lowest BCUT2D eigenvalue weighted by atomic mass is 10.0. The molecular formula is C19H15F6N8. The molecule has 4 aromatic rings. The number of aromatic nitrogens is 7. The first-order valence-electron chi connectivity index (χ1n) is 9.37. The van der Waals surface area contributed by atoms with Gasteiger partial charge in [-0.3, -0.25) is 4.68 Å². The fraction of sp³-hybridized carbons (Fsp3) is 0.316. The van der Waals surface area contributed by atoms with Gasteiger partial charge < -0.3 is 4.90 Å². The highest BCUT2D eigenvalue weighted by atomic mass is 19.4. The van der Waals surface area contributed by atoms with Gasteiger partial charge in [-0.05, 0) is 35.0 Å². The van der Waals surface area contributed by atoms with Crippen molar-refractivity contribution in [1.82, 2.24) is 35.0 Å². The molecule has 0 unspecified atom stereocenters. The zero-order chi connectivity index (χ0) is 24.0. The normalized spacial score (nSPS) is 12.5. The van der Waals surface area contributed by atoms with Crippen molar-refractivity contribution in [2.24, 2.45) is 14.1 Å². The zero-order valence-corrected chi connectivity index (χ0v) is 17.1. The third-order valence-corrected chi connectivity index (χ3v) is 4.73. The van der Waals surface area contributed by atoms with Gasteiger partial charge in [0.2, 0.25) is 0 Å². The fourth-order valence-corrected chi connectivity index (χ4v) is 3.25. The van der Waals surface area contributed by atoms with Crippen LogP contribution in [0.15, 0.2) is 30.5 Å². The van der Waals surface area contributed by atoms with Gasteiger partial charge in [0.05, 0.1) is 30.6 Å². The lowest BCUT2D eigenvalue weighted by Gasteiger charge is -2.22. The Bertz CT molecular complexity index is 1260. The van der Waals surface area contributed by atoms with E-state index >= 15 is 0 Å². The van der Waals surface area contributed by atoms with Gasteiger partial charge in [0.25, 0.3) is 5.95 Å². The van der Waals surface area contributed by atoms with Crippen LogP contribution in [-0.2, 0) is 39.5 Å². The van der Waals surface area contributed by atoms with Crippen LogP contribution >= 0.6 is 0 Å². The van der Waals surface area contributed by atoms with Crippen LogP contribution in [-0.4, -0.2) is 35.0 Å². The molecule has 0 bridgehead atoms. The molecule has 0 atom stereocenters. The van der Waals surface area contributed by atoms with E-state index in [9.17, 15) is 26.3 Å². The molecule has 4 rings (SSSR count). The maximum atomic E-state index is 13.3. The molecule has 3 heterocycles. The van der Waals surface area contributed by atoms with E-state index in [0.29, 0.717) is 28.7 Å². The van der Waals surface area contributed by atoms with Gasteiger partial charge >= 0.3 is 12.4 Å². The highest BCUT2D eigenvalue weighted by Gasteiger charge is 2.37. The van der Waals surface area contributed by atoms with Crippen molar-refractivity contribution in [2.45, 2.75) is 25.4 Å². The molecular weight excluding hydrogens is 454 g/mol. The number of tetrazole rings is 1. The van der Waals surface area contributed by atoms with Crippen LogP contribution in [0.5, 0.6) is 0 Å². The van der Waals surface area contributed by atoms with E-state index in [-0.39, 0.29) is 30.7 Å². The van der Waals surface area contributed by atoms with Gasteiger partial charge in [0, 0.05) is 31.1 Å². The average molecular weight is 469 g/mol. The Morgan fingerprint density at radius 1 is 0.939 bits per heavy atom. The Balaban J connectivity index is 1.72. The number of halogens is 6. The molecule has 3 aromatic heterocycles. The predicted octanol–water partition coefficient (Wildman–Crippen LogP) is 3.54. The van der Waals surface area contributed by atoms with Crippen LogP contribution in [0.2, 0.25) is 0 Å². The lowest BCUT2D eigenvalue weighted by Crippen LogP contribution is -2.24. The number of rotatable bonds is 5. The summed E-state index contributed by atoms with van der Waals surface area (Å²) < 4.78 is 81.1.